The van der Waals surface area contributed by atoms with E-state index in [1.807, 2.05) is 6.07 Å². The van der Waals surface area contributed by atoms with Crippen LogP contribution < -0.4 is 11.1 Å². The largest absolute Gasteiger partial charge is 0.464 e. The molecule has 1 atom stereocenters. The number of rotatable bonds is 4. The number of halogens is 1. The quantitative estimate of drug-likeness (QED) is 0.485. The molecule has 1 amide bonds. The number of anilines is 1. The van der Waals surface area contributed by atoms with Crippen LogP contribution >= 0.6 is 22.6 Å². The average Bonchev–Trinajstić information content (AvgIpc) is 2.28. The Bertz CT molecular complexity index is 423. The summed E-state index contributed by atoms with van der Waals surface area (Å²) in [6, 6.07) is 5.89. The van der Waals surface area contributed by atoms with E-state index in [9.17, 15) is 9.59 Å². The zero-order valence-electron chi connectivity index (χ0n) is 9.27. The lowest BCUT2D eigenvalue weighted by Gasteiger charge is -2.11. The predicted molar refractivity (Wildman–Crippen MR) is 72.4 cm³/mol. The van der Waals surface area contributed by atoms with Crippen molar-refractivity contribution < 1.29 is 14.3 Å². The van der Waals surface area contributed by atoms with Gasteiger partial charge >= 0.3 is 5.97 Å². The van der Waals surface area contributed by atoms with Crippen LogP contribution in [0.4, 0.5) is 5.69 Å². The van der Waals surface area contributed by atoms with Crippen molar-refractivity contribution in [3.63, 3.8) is 0 Å². The molecule has 1 rings (SSSR count). The summed E-state index contributed by atoms with van der Waals surface area (Å²) < 4.78 is 5.64. The first-order valence-electron chi connectivity index (χ1n) is 5.03. The van der Waals surface area contributed by atoms with Gasteiger partial charge in [-0.05, 0) is 47.7 Å². The van der Waals surface area contributed by atoms with Gasteiger partial charge in [0.15, 0.2) is 6.04 Å². The van der Waals surface area contributed by atoms with Crippen molar-refractivity contribution in [2.24, 2.45) is 5.73 Å². The summed E-state index contributed by atoms with van der Waals surface area (Å²) in [5.74, 6) is -1.30. The van der Waals surface area contributed by atoms with E-state index < -0.39 is 17.9 Å². The average molecular weight is 348 g/mol. The third kappa shape index (κ3) is 4.31. The van der Waals surface area contributed by atoms with Gasteiger partial charge in [-0.25, -0.2) is 4.79 Å². The second kappa shape index (κ2) is 6.55. The molecule has 0 aliphatic heterocycles. The molecule has 17 heavy (non-hydrogen) atoms. The number of carbonyl (C=O) groups is 2. The highest BCUT2D eigenvalue weighted by atomic mass is 127. The van der Waals surface area contributed by atoms with Gasteiger partial charge in [0.25, 0.3) is 5.91 Å². The molecule has 1 aromatic rings. The van der Waals surface area contributed by atoms with E-state index in [0.29, 0.717) is 5.69 Å². The molecule has 92 valence electrons. The number of benzene rings is 1. The lowest BCUT2D eigenvalue weighted by molar-refractivity contribution is -0.146. The number of nitrogens with one attached hydrogen (secondary N) is 1. The van der Waals surface area contributed by atoms with E-state index in [4.69, 9.17) is 5.73 Å². The van der Waals surface area contributed by atoms with Crippen molar-refractivity contribution in [3.05, 3.63) is 27.8 Å². The Kier molecular flexibility index (Phi) is 5.36. The smallest absolute Gasteiger partial charge is 0.332 e. The minimum Gasteiger partial charge on any atom is -0.464 e. The van der Waals surface area contributed by atoms with Crippen LogP contribution in [0, 0.1) is 3.57 Å². The van der Waals surface area contributed by atoms with Gasteiger partial charge in [-0.1, -0.05) is 6.07 Å². The van der Waals surface area contributed by atoms with Gasteiger partial charge < -0.3 is 15.8 Å². The topological polar surface area (TPSA) is 81.4 Å². The van der Waals surface area contributed by atoms with Crippen molar-refractivity contribution in [1.29, 1.82) is 0 Å². The molecule has 3 N–H and O–H groups in total. The van der Waals surface area contributed by atoms with E-state index in [1.54, 1.807) is 25.1 Å². The second-order valence-corrected chi connectivity index (χ2v) is 4.47. The minimum absolute atomic E-state index is 0.197. The highest BCUT2D eigenvalue weighted by Gasteiger charge is 2.23. The van der Waals surface area contributed by atoms with Crippen molar-refractivity contribution >= 4 is 40.2 Å². The Hall–Kier alpha value is -1.15. The summed E-state index contributed by atoms with van der Waals surface area (Å²) in [6.45, 7) is 1.85. The van der Waals surface area contributed by atoms with Crippen LogP contribution in [-0.4, -0.2) is 24.5 Å². The van der Waals surface area contributed by atoms with E-state index in [2.05, 4.69) is 32.6 Å². The number of nitrogens with two attached hydrogens (primary N) is 1. The zero-order valence-corrected chi connectivity index (χ0v) is 11.4. The molecule has 1 aromatic carbocycles. The maximum absolute atomic E-state index is 11.6. The summed E-state index contributed by atoms with van der Waals surface area (Å²) >= 11 is 2.12. The van der Waals surface area contributed by atoms with Crippen LogP contribution in [0.15, 0.2) is 24.3 Å². The molecule has 0 aromatic heterocycles. The fraction of sp³-hybridized carbons (Fsp3) is 0.273. The fourth-order valence-electron chi connectivity index (χ4n) is 1.13. The minimum atomic E-state index is -1.30. The van der Waals surface area contributed by atoms with E-state index in [-0.39, 0.29) is 6.61 Å². The van der Waals surface area contributed by atoms with Crippen molar-refractivity contribution in [3.8, 4) is 0 Å². The standard InChI is InChI=1S/C11H13IN2O3/c1-2-17-11(16)9(13)10(15)14-8-5-3-4-7(12)6-8/h3-6,9H,2,13H2,1H3,(H,14,15). The maximum atomic E-state index is 11.6. The van der Waals surface area contributed by atoms with Gasteiger partial charge in [0, 0.05) is 9.26 Å². The molecule has 6 heteroatoms. The number of esters is 1. The van der Waals surface area contributed by atoms with Crippen LogP contribution in [-0.2, 0) is 14.3 Å². The molecule has 0 saturated heterocycles. The highest BCUT2D eigenvalue weighted by Crippen LogP contribution is 2.12. The van der Waals surface area contributed by atoms with Crippen LogP contribution in [0.2, 0.25) is 0 Å². The lowest BCUT2D eigenvalue weighted by Crippen LogP contribution is -2.43. The van der Waals surface area contributed by atoms with Gasteiger partial charge in [0.2, 0.25) is 0 Å². The van der Waals surface area contributed by atoms with Gasteiger partial charge in [-0.2, -0.15) is 0 Å². The summed E-state index contributed by atoms with van der Waals surface area (Å²) in [5.41, 5.74) is 6.04. The Morgan fingerprint density at radius 2 is 2.24 bits per heavy atom. The summed E-state index contributed by atoms with van der Waals surface area (Å²) in [4.78, 5) is 22.8. The molecular formula is C11H13IN2O3. The van der Waals surface area contributed by atoms with Crippen LogP contribution in [0.5, 0.6) is 0 Å². The third-order valence-corrected chi connectivity index (χ3v) is 2.59. The van der Waals surface area contributed by atoms with Crippen molar-refractivity contribution in [2.45, 2.75) is 13.0 Å². The first-order chi connectivity index (χ1) is 8.04. The Balaban J connectivity index is 2.63. The maximum Gasteiger partial charge on any atom is 0.332 e. The first-order valence-corrected chi connectivity index (χ1v) is 6.11. The highest BCUT2D eigenvalue weighted by molar-refractivity contribution is 14.1. The van der Waals surface area contributed by atoms with Crippen molar-refractivity contribution in [2.75, 3.05) is 11.9 Å². The predicted octanol–water partition coefficient (Wildman–Crippen LogP) is 1.12. The molecule has 0 bridgehead atoms. The third-order valence-electron chi connectivity index (χ3n) is 1.92. The molecule has 0 aliphatic rings. The normalized spacial score (nSPS) is 11.7. The summed E-state index contributed by atoms with van der Waals surface area (Å²) in [5, 5.41) is 2.55. The molecule has 5 nitrogen and oxygen atoms in total. The van der Waals surface area contributed by atoms with Crippen molar-refractivity contribution in [1.82, 2.24) is 0 Å². The zero-order chi connectivity index (χ0) is 12.8. The lowest BCUT2D eigenvalue weighted by atomic mass is 10.2. The molecule has 0 aliphatic carbocycles. The van der Waals surface area contributed by atoms with Gasteiger partial charge in [-0.3, -0.25) is 4.79 Å². The molecule has 0 fully saturated rings. The Labute approximate surface area is 113 Å². The number of amides is 1. The first kappa shape index (κ1) is 13.9. The van der Waals surface area contributed by atoms with Crippen LogP contribution in [0.3, 0.4) is 0 Å². The molecule has 0 spiro atoms. The van der Waals surface area contributed by atoms with Gasteiger partial charge in [0.05, 0.1) is 6.61 Å². The molecule has 0 saturated carbocycles. The van der Waals surface area contributed by atoms with Gasteiger partial charge in [-0.15, -0.1) is 0 Å². The summed E-state index contributed by atoms with van der Waals surface area (Å²) in [6.07, 6.45) is 0. The number of hydrogen-bond acceptors (Lipinski definition) is 4. The van der Waals surface area contributed by atoms with Gasteiger partial charge in [0.1, 0.15) is 0 Å². The number of ether oxygens (including phenoxy) is 1. The monoisotopic (exact) mass is 348 g/mol. The molecule has 0 radical (unpaired) electrons. The molecule has 0 heterocycles. The Morgan fingerprint density at radius 3 is 2.82 bits per heavy atom. The van der Waals surface area contributed by atoms with Crippen LogP contribution in [0.1, 0.15) is 6.92 Å². The van der Waals surface area contributed by atoms with Crippen LogP contribution in [0.25, 0.3) is 0 Å². The number of carbonyl (C=O) groups excluding carboxylic acids is 2. The SMILES string of the molecule is CCOC(=O)C(N)C(=O)Nc1cccc(I)c1. The molecule has 1 unspecified atom stereocenters. The van der Waals surface area contributed by atoms with E-state index >= 15 is 0 Å². The fourth-order valence-corrected chi connectivity index (χ4v) is 1.67. The second-order valence-electron chi connectivity index (χ2n) is 3.23. The summed E-state index contributed by atoms with van der Waals surface area (Å²) in [7, 11) is 0. The number of hydrogen-bond donors (Lipinski definition) is 2. The molecular weight excluding hydrogens is 335 g/mol. The Morgan fingerprint density at radius 1 is 1.53 bits per heavy atom. The van der Waals surface area contributed by atoms with E-state index in [0.717, 1.165) is 3.57 Å². The van der Waals surface area contributed by atoms with E-state index in [1.165, 1.54) is 0 Å².